The van der Waals surface area contributed by atoms with Crippen molar-refractivity contribution in [2.24, 2.45) is 0 Å². The highest BCUT2D eigenvalue weighted by Crippen LogP contribution is 2.27. The fourth-order valence-corrected chi connectivity index (χ4v) is 3.41. The van der Waals surface area contributed by atoms with Gasteiger partial charge in [0.2, 0.25) is 5.91 Å². The van der Waals surface area contributed by atoms with Crippen molar-refractivity contribution in [3.8, 4) is 11.5 Å². The van der Waals surface area contributed by atoms with Crippen LogP contribution in [0.1, 0.15) is 31.4 Å². The lowest BCUT2D eigenvalue weighted by molar-refractivity contribution is -0.134. The van der Waals surface area contributed by atoms with Gasteiger partial charge in [0.05, 0.1) is 19.3 Å². The predicted molar refractivity (Wildman–Crippen MR) is 113 cm³/mol. The van der Waals surface area contributed by atoms with Crippen molar-refractivity contribution in [2.45, 2.75) is 25.8 Å². The van der Waals surface area contributed by atoms with Crippen molar-refractivity contribution < 1.29 is 18.7 Å². The molecule has 0 aliphatic carbocycles. The molecule has 158 valence electrons. The summed E-state index contributed by atoms with van der Waals surface area (Å²) in [5.41, 5.74) is 0.822. The first-order valence-electron chi connectivity index (χ1n) is 9.79. The monoisotopic (exact) mass is 422 g/mol. The van der Waals surface area contributed by atoms with Crippen molar-refractivity contribution in [1.82, 2.24) is 10.2 Å². The van der Waals surface area contributed by atoms with Gasteiger partial charge in [-0.1, -0.05) is 24.3 Å². The third-order valence-corrected chi connectivity index (χ3v) is 4.74. The van der Waals surface area contributed by atoms with Crippen LogP contribution in [0.4, 0.5) is 4.39 Å². The van der Waals surface area contributed by atoms with Crippen LogP contribution in [0, 0.1) is 5.82 Å². The lowest BCUT2D eigenvalue weighted by Gasteiger charge is -2.36. The van der Waals surface area contributed by atoms with Crippen LogP contribution in [-0.2, 0) is 4.79 Å². The highest BCUT2D eigenvalue weighted by Gasteiger charge is 2.27. The molecular formula is C22H28ClFN2O3. The van der Waals surface area contributed by atoms with Gasteiger partial charge in [0, 0.05) is 26.1 Å². The molecular weight excluding hydrogens is 395 g/mol. The van der Waals surface area contributed by atoms with Crippen molar-refractivity contribution in [1.29, 1.82) is 0 Å². The highest BCUT2D eigenvalue weighted by molar-refractivity contribution is 5.85. The molecule has 29 heavy (non-hydrogen) atoms. The third-order valence-electron chi connectivity index (χ3n) is 4.74. The number of hydrogen-bond donors (Lipinski definition) is 1. The van der Waals surface area contributed by atoms with Gasteiger partial charge in [0.25, 0.3) is 0 Å². The Hall–Kier alpha value is -2.31. The number of carbonyl (C=O) groups excluding carboxylic acids is 1. The second-order valence-corrected chi connectivity index (χ2v) is 6.69. The average Bonchev–Trinajstić information content (AvgIpc) is 2.72. The van der Waals surface area contributed by atoms with Crippen molar-refractivity contribution >= 4 is 18.3 Å². The topological polar surface area (TPSA) is 50.8 Å². The number of halogens is 2. The van der Waals surface area contributed by atoms with E-state index in [9.17, 15) is 9.18 Å². The minimum Gasteiger partial charge on any atom is -0.490 e. The average molecular weight is 423 g/mol. The summed E-state index contributed by atoms with van der Waals surface area (Å²) in [5.74, 6) is 1.19. The van der Waals surface area contributed by atoms with Crippen LogP contribution >= 0.6 is 12.4 Å². The summed E-state index contributed by atoms with van der Waals surface area (Å²) in [4.78, 5) is 14.6. The Kier molecular flexibility index (Phi) is 9.22. The number of ether oxygens (including phenoxy) is 2. The van der Waals surface area contributed by atoms with E-state index < -0.39 is 0 Å². The van der Waals surface area contributed by atoms with Gasteiger partial charge in [0.1, 0.15) is 5.82 Å². The van der Waals surface area contributed by atoms with Crippen LogP contribution in [0.5, 0.6) is 11.5 Å². The SMILES string of the molecule is CCOc1ccccc1OCCCC(=O)N1CCNCC1c1cccc(F)c1.Cl. The van der Waals surface area contributed by atoms with Crippen LogP contribution in [-0.4, -0.2) is 43.7 Å². The zero-order valence-corrected chi connectivity index (χ0v) is 17.4. The molecule has 1 aliphatic rings. The van der Waals surface area contributed by atoms with Crippen LogP contribution in [0.25, 0.3) is 0 Å². The Labute approximate surface area is 177 Å². The molecule has 1 saturated heterocycles. The molecule has 1 N–H and O–H groups in total. The van der Waals surface area contributed by atoms with Crippen molar-refractivity contribution in [3.63, 3.8) is 0 Å². The van der Waals surface area contributed by atoms with Gasteiger partial charge in [-0.25, -0.2) is 4.39 Å². The fraction of sp³-hybridized carbons (Fsp3) is 0.409. The molecule has 0 aromatic heterocycles. The molecule has 1 fully saturated rings. The summed E-state index contributed by atoms with van der Waals surface area (Å²) >= 11 is 0. The first kappa shape index (κ1) is 23.0. The molecule has 3 rings (SSSR count). The van der Waals surface area contributed by atoms with E-state index in [4.69, 9.17) is 9.47 Å². The van der Waals surface area contributed by atoms with Crippen molar-refractivity contribution in [3.05, 3.63) is 59.9 Å². The smallest absolute Gasteiger partial charge is 0.223 e. The van der Waals surface area contributed by atoms with Gasteiger partial charge < -0.3 is 19.7 Å². The summed E-state index contributed by atoms with van der Waals surface area (Å²) < 4.78 is 24.9. The van der Waals surface area contributed by atoms with E-state index in [0.717, 1.165) is 12.1 Å². The van der Waals surface area contributed by atoms with E-state index in [-0.39, 0.29) is 30.2 Å². The molecule has 2 aromatic carbocycles. The summed E-state index contributed by atoms with van der Waals surface area (Å²) in [5, 5.41) is 3.29. The van der Waals surface area contributed by atoms with Gasteiger partial charge in [-0.2, -0.15) is 0 Å². The maximum atomic E-state index is 13.6. The molecule has 7 heteroatoms. The van der Waals surface area contributed by atoms with Crippen LogP contribution in [0.2, 0.25) is 0 Å². The maximum Gasteiger partial charge on any atom is 0.223 e. The number of piperazine rings is 1. The number of nitrogens with zero attached hydrogens (tertiary/aromatic N) is 1. The number of para-hydroxylation sites is 2. The minimum absolute atomic E-state index is 0. The molecule has 1 atom stereocenters. The van der Waals surface area contributed by atoms with Gasteiger partial charge in [-0.05, 0) is 43.2 Å². The lowest BCUT2D eigenvalue weighted by atomic mass is 10.0. The standard InChI is InChI=1S/C22H27FN2O3.ClH/c1-2-27-20-9-3-4-10-21(20)28-14-6-11-22(26)25-13-12-24-16-19(25)17-7-5-8-18(23)15-17;/h3-5,7-10,15,19,24H,2,6,11-14,16H2,1H3;1H. The predicted octanol–water partition coefficient (Wildman–Crippen LogP) is 3.98. The van der Waals surface area contributed by atoms with Gasteiger partial charge in [0.15, 0.2) is 11.5 Å². The highest BCUT2D eigenvalue weighted by atomic mass is 35.5. The molecule has 1 heterocycles. The second kappa shape index (κ2) is 11.6. The van der Waals surface area contributed by atoms with E-state index >= 15 is 0 Å². The minimum atomic E-state index is -0.281. The van der Waals surface area contributed by atoms with Crippen LogP contribution < -0.4 is 14.8 Å². The third kappa shape index (κ3) is 6.34. The number of benzene rings is 2. The first-order valence-corrected chi connectivity index (χ1v) is 9.79. The first-order chi connectivity index (χ1) is 13.7. The Balaban J connectivity index is 0.00000300. The zero-order valence-electron chi connectivity index (χ0n) is 16.6. The zero-order chi connectivity index (χ0) is 19.8. The van der Waals surface area contributed by atoms with E-state index in [2.05, 4.69) is 5.32 Å². The molecule has 0 spiro atoms. The second-order valence-electron chi connectivity index (χ2n) is 6.69. The molecule has 0 bridgehead atoms. The maximum absolute atomic E-state index is 13.6. The Morgan fingerprint density at radius 3 is 2.66 bits per heavy atom. The molecule has 1 amide bonds. The summed E-state index contributed by atoms with van der Waals surface area (Å²) in [6.45, 7) is 4.94. The Morgan fingerprint density at radius 1 is 1.17 bits per heavy atom. The van der Waals surface area contributed by atoms with Gasteiger partial charge in [-0.15, -0.1) is 12.4 Å². The molecule has 5 nitrogen and oxygen atoms in total. The summed E-state index contributed by atoms with van der Waals surface area (Å²) in [6, 6.07) is 13.9. The van der Waals surface area contributed by atoms with Gasteiger partial charge >= 0.3 is 0 Å². The summed E-state index contributed by atoms with van der Waals surface area (Å²) in [7, 11) is 0. The van der Waals surface area contributed by atoms with E-state index in [1.54, 1.807) is 6.07 Å². The van der Waals surface area contributed by atoms with Gasteiger partial charge in [-0.3, -0.25) is 4.79 Å². The number of rotatable bonds is 8. The van der Waals surface area contributed by atoms with E-state index in [0.29, 0.717) is 50.6 Å². The molecule has 2 aromatic rings. The molecule has 1 unspecified atom stereocenters. The van der Waals surface area contributed by atoms with Crippen molar-refractivity contribution in [2.75, 3.05) is 32.8 Å². The van der Waals surface area contributed by atoms with Crippen LogP contribution in [0.15, 0.2) is 48.5 Å². The number of carbonyl (C=O) groups is 1. The number of hydrogen-bond acceptors (Lipinski definition) is 4. The Morgan fingerprint density at radius 2 is 1.93 bits per heavy atom. The van der Waals surface area contributed by atoms with E-state index in [1.807, 2.05) is 42.2 Å². The number of amides is 1. The van der Waals surface area contributed by atoms with E-state index in [1.165, 1.54) is 12.1 Å². The largest absolute Gasteiger partial charge is 0.490 e. The normalized spacial score (nSPS) is 16.1. The number of nitrogens with one attached hydrogen (secondary N) is 1. The quantitative estimate of drug-likeness (QED) is 0.654. The summed E-state index contributed by atoms with van der Waals surface area (Å²) in [6.07, 6.45) is 1.00. The lowest BCUT2D eigenvalue weighted by Crippen LogP contribution is -2.48. The molecule has 0 saturated carbocycles. The Bertz CT molecular complexity index is 790. The molecule has 1 aliphatic heterocycles. The van der Waals surface area contributed by atoms with Crippen LogP contribution in [0.3, 0.4) is 0 Å². The molecule has 0 radical (unpaired) electrons. The fourth-order valence-electron chi connectivity index (χ4n) is 3.41.